The van der Waals surface area contributed by atoms with Crippen molar-refractivity contribution in [2.75, 3.05) is 12.3 Å². The molecule has 0 aliphatic rings. The van der Waals surface area contributed by atoms with Gasteiger partial charge in [-0.3, -0.25) is 4.79 Å². The van der Waals surface area contributed by atoms with Gasteiger partial charge in [0.05, 0.1) is 0 Å². The van der Waals surface area contributed by atoms with Crippen LogP contribution < -0.4 is 11.5 Å². The molecule has 17 heavy (non-hydrogen) atoms. The van der Waals surface area contributed by atoms with Crippen molar-refractivity contribution in [2.45, 2.75) is 0 Å². The molecule has 0 unspecified atom stereocenters. The van der Waals surface area contributed by atoms with Gasteiger partial charge in [0.1, 0.15) is 5.58 Å². The highest BCUT2D eigenvalue weighted by molar-refractivity contribution is 5.94. The molecule has 0 saturated carbocycles. The summed E-state index contributed by atoms with van der Waals surface area (Å²) in [4.78, 5) is 21.9. The summed E-state index contributed by atoms with van der Waals surface area (Å²) in [6, 6.07) is 6.47. The van der Waals surface area contributed by atoms with Crippen LogP contribution >= 0.6 is 0 Å². The van der Waals surface area contributed by atoms with Crippen molar-refractivity contribution in [1.29, 1.82) is 0 Å². The third-order valence-corrected chi connectivity index (χ3v) is 2.09. The smallest absolute Gasteiger partial charge is 0.374 e. The second kappa shape index (κ2) is 4.17. The lowest BCUT2D eigenvalue weighted by molar-refractivity contribution is -0.121. The summed E-state index contributed by atoms with van der Waals surface area (Å²) < 4.78 is 9.85. The number of carbonyl (C=O) groups excluding carboxylic acids is 2. The molecule has 4 N–H and O–H groups in total. The quantitative estimate of drug-likeness (QED) is 0.598. The third-order valence-electron chi connectivity index (χ3n) is 2.09. The maximum Gasteiger partial charge on any atom is 0.374 e. The van der Waals surface area contributed by atoms with Gasteiger partial charge in [-0.05, 0) is 24.3 Å². The Morgan fingerprint density at radius 1 is 1.29 bits per heavy atom. The summed E-state index contributed by atoms with van der Waals surface area (Å²) in [5, 5.41) is 0.691. The SMILES string of the molecule is NC(=O)COC(=O)c1cc2cc(N)ccc2o1. The molecule has 0 bridgehead atoms. The Bertz CT molecular complexity index is 588. The minimum Gasteiger partial charge on any atom is -0.450 e. The summed E-state index contributed by atoms with van der Waals surface area (Å²) in [6.07, 6.45) is 0. The maximum absolute atomic E-state index is 11.4. The highest BCUT2D eigenvalue weighted by atomic mass is 16.5. The second-order valence-electron chi connectivity index (χ2n) is 3.45. The highest BCUT2D eigenvalue weighted by Crippen LogP contribution is 2.22. The molecule has 1 heterocycles. The number of esters is 1. The van der Waals surface area contributed by atoms with E-state index < -0.39 is 18.5 Å². The molecular weight excluding hydrogens is 224 g/mol. The number of rotatable bonds is 3. The number of fused-ring (bicyclic) bond motifs is 1. The number of hydrogen-bond donors (Lipinski definition) is 2. The van der Waals surface area contributed by atoms with Gasteiger partial charge in [-0.2, -0.15) is 0 Å². The number of primary amides is 1. The zero-order chi connectivity index (χ0) is 12.4. The topological polar surface area (TPSA) is 109 Å². The van der Waals surface area contributed by atoms with Gasteiger partial charge in [0.15, 0.2) is 6.61 Å². The molecule has 88 valence electrons. The summed E-state index contributed by atoms with van der Waals surface area (Å²) in [6.45, 7) is -0.474. The predicted octanol–water partition coefficient (Wildman–Crippen LogP) is 0.657. The van der Waals surface area contributed by atoms with Crippen LogP contribution in [-0.4, -0.2) is 18.5 Å². The minimum atomic E-state index is -0.737. The Hall–Kier alpha value is -2.50. The molecule has 0 saturated heterocycles. The predicted molar refractivity (Wildman–Crippen MR) is 60.1 cm³/mol. The molecule has 1 amide bonds. The molecule has 1 aromatic heterocycles. The first kappa shape index (κ1) is 11.0. The van der Waals surface area contributed by atoms with Gasteiger partial charge in [0.25, 0.3) is 5.91 Å². The Balaban J connectivity index is 2.24. The average molecular weight is 234 g/mol. The van der Waals surface area contributed by atoms with Crippen LogP contribution in [0.4, 0.5) is 5.69 Å². The lowest BCUT2D eigenvalue weighted by Crippen LogP contribution is -2.20. The molecule has 0 atom stereocenters. The number of benzene rings is 1. The molecule has 0 aliphatic carbocycles. The number of ether oxygens (including phenoxy) is 1. The van der Waals surface area contributed by atoms with E-state index in [1.54, 1.807) is 18.2 Å². The van der Waals surface area contributed by atoms with Crippen LogP contribution in [0, 0.1) is 0 Å². The number of nitrogen functional groups attached to an aromatic ring is 1. The lowest BCUT2D eigenvalue weighted by Gasteiger charge is -1.97. The van der Waals surface area contributed by atoms with E-state index in [-0.39, 0.29) is 5.76 Å². The Morgan fingerprint density at radius 2 is 2.06 bits per heavy atom. The molecule has 1 aromatic carbocycles. The van der Waals surface area contributed by atoms with E-state index in [2.05, 4.69) is 4.74 Å². The van der Waals surface area contributed by atoms with Crippen LogP contribution in [0.1, 0.15) is 10.6 Å². The molecule has 0 aliphatic heterocycles. The second-order valence-corrected chi connectivity index (χ2v) is 3.45. The van der Waals surface area contributed by atoms with E-state index in [9.17, 15) is 9.59 Å². The van der Waals surface area contributed by atoms with E-state index in [0.717, 1.165) is 0 Å². The van der Waals surface area contributed by atoms with Gasteiger partial charge in [-0.15, -0.1) is 0 Å². The van der Waals surface area contributed by atoms with Crippen molar-refractivity contribution < 1.29 is 18.7 Å². The van der Waals surface area contributed by atoms with Gasteiger partial charge < -0.3 is 20.6 Å². The minimum absolute atomic E-state index is 0.00634. The van der Waals surface area contributed by atoms with E-state index in [4.69, 9.17) is 15.9 Å². The molecule has 6 heteroatoms. The molecule has 0 fully saturated rings. The van der Waals surface area contributed by atoms with E-state index in [1.165, 1.54) is 6.07 Å². The summed E-state index contributed by atoms with van der Waals surface area (Å²) in [5.74, 6) is -1.45. The van der Waals surface area contributed by atoms with Crippen molar-refractivity contribution >= 4 is 28.5 Å². The number of nitrogens with two attached hydrogens (primary N) is 2. The number of anilines is 1. The third kappa shape index (κ3) is 2.36. The number of amides is 1. The number of furan rings is 1. The Kier molecular flexibility index (Phi) is 2.70. The first-order valence-corrected chi connectivity index (χ1v) is 4.81. The molecular formula is C11H10N2O4. The average Bonchev–Trinajstić information content (AvgIpc) is 2.68. The summed E-state index contributed by atoms with van der Waals surface area (Å²) in [5.41, 5.74) is 11.5. The van der Waals surface area contributed by atoms with Gasteiger partial charge in [-0.1, -0.05) is 0 Å². The fraction of sp³-hybridized carbons (Fsp3) is 0.0909. The molecule has 6 nitrogen and oxygen atoms in total. The highest BCUT2D eigenvalue weighted by Gasteiger charge is 2.14. The van der Waals surface area contributed by atoms with Gasteiger partial charge in [0, 0.05) is 11.1 Å². The standard InChI is InChI=1S/C11H10N2O4/c12-7-1-2-8-6(3-7)4-9(17-8)11(15)16-5-10(13)14/h1-4H,5,12H2,(H2,13,14). The van der Waals surface area contributed by atoms with Crippen LogP contribution in [0.3, 0.4) is 0 Å². The molecule has 0 radical (unpaired) electrons. The largest absolute Gasteiger partial charge is 0.450 e. The molecule has 2 rings (SSSR count). The normalized spacial score (nSPS) is 10.4. The van der Waals surface area contributed by atoms with E-state index in [1.807, 2.05) is 0 Å². The van der Waals surface area contributed by atoms with Crippen LogP contribution in [0.15, 0.2) is 28.7 Å². The fourth-order valence-electron chi connectivity index (χ4n) is 1.37. The van der Waals surface area contributed by atoms with Gasteiger partial charge in [0.2, 0.25) is 5.76 Å². The van der Waals surface area contributed by atoms with Crippen LogP contribution in [-0.2, 0) is 9.53 Å². The zero-order valence-electron chi connectivity index (χ0n) is 8.80. The number of carbonyl (C=O) groups is 2. The van der Waals surface area contributed by atoms with E-state index in [0.29, 0.717) is 16.7 Å². The Labute approximate surface area is 96.1 Å². The summed E-state index contributed by atoms with van der Waals surface area (Å²) >= 11 is 0. The fourth-order valence-corrected chi connectivity index (χ4v) is 1.37. The van der Waals surface area contributed by atoms with Gasteiger partial charge in [-0.25, -0.2) is 4.79 Å². The van der Waals surface area contributed by atoms with Crippen molar-refractivity contribution in [2.24, 2.45) is 5.73 Å². The Morgan fingerprint density at radius 3 is 2.76 bits per heavy atom. The summed E-state index contributed by atoms with van der Waals surface area (Å²) in [7, 11) is 0. The molecule has 2 aromatic rings. The number of hydrogen-bond acceptors (Lipinski definition) is 5. The molecule has 0 spiro atoms. The van der Waals surface area contributed by atoms with E-state index >= 15 is 0 Å². The van der Waals surface area contributed by atoms with Crippen molar-refractivity contribution in [3.63, 3.8) is 0 Å². The van der Waals surface area contributed by atoms with Crippen LogP contribution in [0.25, 0.3) is 11.0 Å². The van der Waals surface area contributed by atoms with Gasteiger partial charge >= 0.3 is 5.97 Å². The van der Waals surface area contributed by atoms with Crippen molar-refractivity contribution in [1.82, 2.24) is 0 Å². The first-order chi connectivity index (χ1) is 8.06. The van der Waals surface area contributed by atoms with Crippen molar-refractivity contribution in [3.8, 4) is 0 Å². The van der Waals surface area contributed by atoms with Crippen LogP contribution in [0.2, 0.25) is 0 Å². The first-order valence-electron chi connectivity index (χ1n) is 4.81. The van der Waals surface area contributed by atoms with Crippen molar-refractivity contribution in [3.05, 3.63) is 30.0 Å². The monoisotopic (exact) mass is 234 g/mol. The van der Waals surface area contributed by atoms with Crippen LogP contribution in [0.5, 0.6) is 0 Å². The lowest BCUT2D eigenvalue weighted by atomic mass is 10.2. The maximum atomic E-state index is 11.4. The zero-order valence-corrected chi connectivity index (χ0v) is 8.80.